The van der Waals surface area contributed by atoms with Gasteiger partial charge in [-0.25, -0.2) is 0 Å². The van der Waals surface area contributed by atoms with Crippen LogP contribution in [0.25, 0.3) is 0 Å². The van der Waals surface area contributed by atoms with Crippen LogP contribution >= 0.6 is 0 Å². The molecule has 0 spiro atoms. The first-order valence-corrected chi connectivity index (χ1v) is 4.78. The fourth-order valence-corrected chi connectivity index (χ4v) is 1.30. The zero-order valence-electron chi connectivity index (χ0n) is 9.22. The Labute approximate surface area is 85.3 Å². The summed E-state index contributed by atoms with van der Waals surface area (Å²) < 4.78 is 0. The second-order valence-electron chi connectivity index (χ2n) is 4.37. The van der Waals surface area contributed by atoms with Crippen LogP contribution in [-0.2, 0) is 0 Å². The summed E-state index contributed by atoms with van der Waals surface area (Å²) >= 11 is 0. The Morgan fingerprint density at radius 1 is 1.21 bits per heavy atom. The zero-order valence-corrected chi connectivity index (χ0v) is 9.22. The maximum absolute atomic E-state index is 12.0. The molecule has 0 saturated heterocycles. The van der Waals surface area contributed by atoms with E-state index in [0.29, 0.717) is 0 Å². The summed E-state index contributed by atoms with van der Waals surface area (Å²) in [6.07, 6.45) is 0. The largest absolute Gasteiger partial charge is 0.388 e. The van der Waals surface area contributed by atoms with Gasteiger partial charge in [-0.3, -0.25) is 4.79 Å². The van der Waals surface area contributed by atoms with Crippen molar-refractivity contribution in [2.75, 3.05) is 12.4 Å². The zero-order chi connectivity index (χ0) is 10.8. The maximum atomic E-state index is 12.0. The van der Waals surface area contributed by atoms with Crippen LogP contribution in [0.3, 0.4) is 0 Å². The van der Waals surface area contributed by atoms with Crippen LogP contribution in [-0.4, -0.2) is 12.8 Å². The quantitative estimate of drug-likeness (QED) is 0.728. The van der Waals surface area contributed by atoms with E-state index >= 15 is 0 Å². The molecule has 0 bridgehead atoms. The van der Waals surface area contributed by atoms with Crippen molar-refractivity contribution in [3.8, 4) is 0 Å². The van der Waals surface area contributed by atoms with Crippen LogP contribution in [0, 0.1) is 5.41 Å². The Kier molecular flexibility index (Phi) is 2.94. The van der Waals surface area contributed by atoms with Gasteiger partial charge in [0.05, 0.1) is 0 Å². The van der Waals surface area contributed by atoms with Gasteiger partial charge in [0.2, 0.25) is 0 Å². The molecule has 0 amide bonds. The Morgan fingerprint density at radius 3 is 2.29 bits per heavy atom. The van der Waals surface area contributed by atoms with Crippen LogP contribution in [0.2, 0.25) is 0 Å². The Bertz CT molecular complexity index is 336. The van der Waals surface area contributed by atoms with E-state index in [9.17, 15) is 4.79 Å². The van der Waals surface area contributed by atoms with Crippen molar-refractivity contribution >= 4 is 11.5 Å². The molecule has 0 aliphatic carbocycles. The van der Waals surface area contributed by atoms with Gasteiger partial charge in [0.15, 0.2) is 5.78 Å². The maximum Gasteiger partial charge on any atom is 0.170 e. The summed E-state index contributed by atoms with van der Waals surface area (Å²) in [4.78, 5) is 12.0. The Morgan fingerprint density at radius 2 is 1.79 bits per heavy atom. The molecule has 0 aliphatic rings. The highest BCUT2D eigenvalue weighted by Gasteiger charge is 2.24. The molecule has 1 aromatic rings. The Balaban J connectivity index is 3.13. The van der Waals surface area contributed by atoms with Crippen LogP contribution in [0.5, 0.6) is 0 Å². The molecular formula is C12H17NO. The molecule has 0 fully saturated rings. The van der Waals surface area contributed by atoms with Gasteiger partial charge in [0.25, 0.3) is 0 Å². The number of benzene rings is 1. The van der Waals surface area contributed by atoms with E-state index < -0.39 is 0 Å². The van der Waals surface area contributed by atoms with Crippen LogP contribution in [0.4, 0.5) is 5.69 Å². The second kappa shape index (κ2) is 3.82. The van der Waals surface area contributed by atoms with Gasteiger partial charge in [-0.05, 0) is 12.1 Å². The number of nitrogens with one attached hydrogen (secondary N) is 1. The molecule has 76 valence electrons. The molecule has 14 heavy (non-hydrogen) atoms. The lowest BCUT2D eigenvalue weighted by molar-refractivity contribution is 0.0859. The summed E-state index contributed by atoms with van der Waals surface area (Å²) in [6, 6.07) is 7.59. The number of carbonyl (C=O) groups excluding carboxylic acids is 1. The minimum absolute atomic E-state index is 0.169. The van der Waals surface area contributed by atoms with Crippen molar-refractivity contribution in [2.45, 2.75) is 20.8 Å². The Hall–Kier alpha value is -1.31. The number of rotatable bonds is 2. The highest BCUT2D eigenvalue weighted by Crippen LogP contribution is 2.25. The van der Waals surface area contributed by atoms with Gasteiger partial charge in [0, 0.05) is 23.7 Å². The third-order valence-corrected chi connectivity index (χ3v) is 2.12. The number of para-hydroxylation sites is 1. The lowest BCUT2D eigenvalue weighted by Gasteiger charge is -2.18. The summed E-state index contributed by atoms with van der Waals surface area (Å²) in [5.41, 5.74) is 1.34. The molecule has 0 atom stereocenters. The lowest BCUT2D eigenvalue weighted by atomic mass is 9.86. The van der Waals surface area contributed by atoms with E-state index in [1.54, 1.807) is 0 Å². The normalized spacial score (nSPS) is 11.1. The third kappa shape index (κ3) is 2.13. The second-order valence-corrected chi connectivity index (χ2v) is 4.37. The first-order chi connectivity index (χ1) is 6.46. The molecule has 0 saturated carbocycles. The standard InChI is InChI=1S/C12H17NO/c1-12(2,3)11(14)9-7-5-6-8-10(9)13-4/h5-8,13H,1-4H3. The third-order valence-electron chi connectivity index (χ3n) is 2.12. The molecular weight excluding hydrogens is 174 g/mol. The number of carbonyl (C=O) groups is 1. The molecule has 1 N–H and O–H groups in total. The van der Waals surface area contributed by atoms with E-state index in [2.05, 4.69) is 5.32 Å². The molecule has 2 heteroatoms. The van der Waals surface area contributed by atoms with Gasteiger partial charge in [-0.2, -0.15) is 0 Å². The van der Waals surface area contributed by atoms with Gasteiger partial charge >= 0.3 is 0 Å². The first-order valence-electron chi connectivity index (χ1n) is 4.78. The first kappa shape index (κ1) is 10.8. The smallest absolute Gasteiger partial charge is 0.170 e. The fraction of sp³-hybridized carbons (Fsp3) is 0.417. The predicted octanol–water partition coefficient (Wildman–Crippen LogP) is 2.96. The van der Waals surface area contributed by atoms with Crippen molar-refractivity contribution in [1.82, 2.24) is 0 Å². The minimum atomic E-state index is -0.326. The lowest BCUT2D eigenvalue weighted by Crippen LogP contribution is -2.21. The van der Waals surface area contributed by atoms with Crippen LogP contribution in [0.1, 0.15) is 31.1 Å². The molecule has 0 aromatic heterocycles. The average Bonchev–Trinajstić information content (AvgIpc) is 2.15. The van der Waals surface area contributed by atoms with Gasteiger partial charge in [0.1, 0.15) is 0 Å². The number of hydrogen-bond acceptors (Lipinski definition) is 2. The van der Waals surface area contributed by atoms with Crippen molar-refractivity contribution in [3.63, 3.8) is 0 Å². The molecule has 1 aromatic carbocycles. The van der Waals surface area contributed by atoms with E-state index in [1.807, 2.05) is 52.1 Å². The van der Waals surface area contributed by atoms with Gasteiger partial charge in [-0.1, -0.05) is 32.9 Å². The van der Waals surface area contributed by atoms with Crippen molar-refractivity contribution in [2.24, 2.45) is 5.41 Å². The highest BCUT2D eigenvalue weighted by molar-refractivity contribution is 6.04. The molecule has 0 unspecified atom stereocenters. The van der Waals surface area contributed by atoms with E-state index in [-0.39, 0.29) is 11.2 Å². The number of Topliss-reactive ketones (excluding diaryl/α,β-unsaturated/α-hetero) is 1. The van der Waals surface area contributed by atoms with Crippen molar-refractivity contribution in [3.05, 3.63) is 29.8 Å². The van der Waals surface area contributed by atoms with Crippen LogP contribution in [0.15, 0.2) is 24.3 Å². The number of ketones is 1. The van der Waals surface area contributed by atoms with Gasteiger partial charge in [-0.15, -0.1) is 0 Å². The molecule has 0 aliphatic heterocycles. The van der Waals surface area contributed by atoms with Crippen molar-refractivity contribution < 1.29 is 4.79 Å². The van der Waals surface area contributed by atoms with E-state index in [0.717, 1.165) is 11.3 Å². The predicted molar refractivity (Wildman–Crippen MR) is 59.8 cm³/mol. The van der Waals surface area contributed by atoms with Crippen molar-refractivity contribution in [1.29, 1.82) is 0 Å². The van der Waals surface area contributed by atoms with Crippen LogP contribution < -0.4 is 5.32 Å². The molecule has 2 nitrogen and oxygen atoms in total. The fourth-order valence-electron chi connectivity index (χ4n) is 1.30. The molecule has 0 heterocycles. The van der Waals surface area contributed by atoms with E-state index in [4.69, 9.17) is 0 Å². The molecule has 1 rings (SSSR count). The minimum Gasteiger partial charge on any atom is -0.388 e. The summed E-state index contributed by atoms with van der Waals surface area (Å²) in [5, 5.41) is 3.03. The highest BCUT2D eigenvalue weighted by atomic mass is 16.1. The topological polar surface area (TPSA) is 29.1 Å². The van der Waals surface area contributed by atoms with Gasteiger partial charge < -0.3 is 5.32 Å². The number of hydrogen-bond donors (Lipinski definition) is 1. The SMILES string of the molecule is CNc1ccccc1C(=O)C(C)(C)C. The number of anilines is 1. The summed E-state index contributed by atoms with van der Waals surface area (Å²) in [5.74, 6) is 0.169. The average molecular weight is 191 g/mol. The molecule has 0 radical (unpaired) electrons. The monoisotopic (exact) mass is 191 g/mol. The van der Waals surface area contributed by atoms with E-state index in [1.165, 1.54) is 0 Å². The summed E-state index contributed by atoms with van der Waals surface area (Å²) in [7, 11) is 1.83. The summed E-state index contributed by atoms with van der Waals surface area (Å²) in [6.45, 7) is 5.80.